The maximum atomic E-state index is 14.3. The van der Waals surface area contributed by atoms with Crippen LogP contribution in [0.2, 0.25) is 0 Å². The van der Waals surface area contributed by atoms with E-state index in [-0.39, 0.29) is 25.4 Å². The fraction of sp³-hybridized carbons (Fsp3) is 0.306. The molecular weight excluding hydrogens is 542 g/mol. The normalized spacial score (nSPS) is 15.3. The quantitative estimate of drug-likeness (QED) is 0.103. The third kappa shape index (κ3) is 7.12. The zero-order chi connectivity index (χ0) is 30.2. The number of nitrogens with zero attached hydrogens (tertiary/aromatic N) is 1. The average molecular weight is 580 g/mol. The summed E-state index contributed by atoms with van der Waals surface area (Å²) in [5, 5.41) is 9.13. The zero-order valence-electron chi connectivity index (χ0n) is 24.4. The molecule has 222 valence electrons. The molecule has 0 radical (unpaired) electrons. The van der Waals surface area contributed by atoms with Gasteiger partial charge in [-0.05, 0) is 48.9 Å². The molecular formula is C36H37NO6. The number of aliphatic hydroxyl groups is 1. The maximum absolute atomic E-state index is 14.3. The van der Waals surface area contributed by atoms with Gasteiger partial charge in [-0.2, -0.15) is 0 Å². The van der Waals surface area contributed by atoms with Gasteiger partial charge in [-0.25, -0.2) is 9.69 Å². The van der Waals surface area contributed by atoms with Gasteiger partial charge < -0.3 is 14.3 Å². The van der Waals surface area contributed by atoms with Crippen molar-refractivity contribution in [2.75, 3.05) is 13.2 Å². The largest absolute Gasteiger partial charge is 0.457 e. The second-order valence-corrected chi connectivity index (χ2v) is 11.0. The molecule has 7 nitrogen and oxygen atoms in total. The highest BCUT2D eigenvalue weighted by molar-refractivity contribution is 6.12. The third-order valence-electron chi connectivity index (χ3n) is 7.88. The van der Waals surface area contributed by atoms with Crippen molar-refractivity contribution in [1.82, 2.24) is 4.90 Å². The number of rotatable bonds is 13. The van der Waals surface area contributed by atoms with Crippen molar-refractivity contribution < 1.29 is 28.6 Å². The average Bonchev–Trinajstić information content (AvgIpc) is 3.64. The first kappa shape index (κ1) is 30.0. The molecule has 3 aromatic carbocycles. The van der Waals surface area contributed by atoms with Crippen LogP contribution in [0.1, 0.15) is 64.7 Å². The monoisotopic (exact) mass is 579 g/mol. The highest BCUT2D eigenvalue weighted by Gasteiger charge is 2.44. The molecule has 1 aliphatic heterocycles. The molecule has 1 aromatic heterocycles. The smallest absolute Gasteiger partial charge is 0.417 e. The molecule has 1 saturated heterocycles. The summed E-state index contributed by atoms with van der Waals surface area (Å²) in [6.07, 6.45) is 3.39. The lowest BCUT2D eigenvalue weighted by Gasteiger charge is -2.24. The van der Waals surface area contributed by atoms with Crippen molar-refractivity contribution in [3.8, 4) is 11.1 Å². The molecule has 7 heteroatoms. The van der Waals surface area contributed by atoms with Crippen LogP contribution in [-0.4, -0.2) is 41.0 Å². The molecule has 43 heavy (non-hydrogen) atoms. The molecule has 0 spiro atoms. The molecule has 0 bridgehead atoms. The van der Waals surface area contributed by atoms with Gasteiger partial charge in [-0.3, -0.25) is 9.59 Å². The third-order valence-corrected chi connectivity index (χ3v) is 7.88. The molecule has 0 unspecified atom stereocenters. The number of unbranched alkanes of at least 4 members (excludes halogenated alkanes) is 3. The topological polar surface area (TPSA) is 97.1 Å². The van der Waals surface area contributed by atoms with E-state index >= 15 is 0 Å². The van der Waals surface area contributed by atoms with Gasteiger partial charge in [0.1, 0.15) is 24.3 Å². The highest BCUT2D eigenvalue weighted by Crippen LogP contribution is 2.34. The van der Waals surface area contributed by atoms with Crippen molar-refractivity contribution in [2.24, 2.45) is 5.92 Å². The number of ether oxygens (including phenoxy) is 1. The number of benzene rings is 3. The van der Waals surface area contributed by atoms with E-state index in [1.165, 1.54) is 0 Å². The molecule has 1 aliphatic rings. The van der Waals surface area contributed by atoms with E-state index < -0.39 is 29.7 Å². The first-order chi connectivity index (χ1) is 21.0. The Morgan fingerprint density at radius 1 is 0.907 bits per heavy atom. The number of furan rings is 1. The Hall–Kier alpha value is -4.49. The molecule has 0 saturated carbocycles. The number of ketones is 1. The summed E-state index contributed by atoms with van der Waals surface area (Å²) in [4.78, 5) is 42.4. The van der Waals surface area contributed by atoms with Gasteiger partial charge in [0.2, 0.25) is 11.7 Å². The van der Waals surface area contributed by atoms with Crippen molar-refractivity contribution >= 4 is 17.8 Å². The van der Waals surface area contributed by atoms with Crippen molar-refractivity contribution in [3.63, 3.8) is 0 Å². The van der Waals surface area contributed by atoms with Gasteiger partial charge >= 0.3 is 6.09 Å². The Morgan fingerprint density at radius 2 is 1.63 bits per heavy atom. The number of hydrogen-bond acceptors (Lipinski definition) is 6. The lowest BCUT2D eigenvalue weighted by molar-refractivity contribution is -0.132. The Morgan fingerprint density at radius 3 is 2.35 bits per heavy atom. The summed E-state index contributed by atoms with van der Waals surface area (Å²) in [5.74, 6) is -1.48. The Balaban J connectivity index is 1.50. The van der Waals surface area contributed by atoms with Gasteiger partial charge in [0, 0.05) is 18.6 Å². The van der Waals surface area contributed by atoms with Crippen LogP contribution in [0.15, 0.2) is 95.4 Å². The van der Waals surface area contributed by atoms with Crippen LogP contribution in [0.25, 0.3) is 11.1 Å². The number of Topliss-reactive ketones (excluding diaryl/α,β-unsaturated/α-hetero) is 1. The Labute approximate surface area is 252 Å². The molecule has 1 N–H and O–H groups in total. The van der Waals surface area contributed by atoms with Crippen molar-refractivity contribution in [2.45, 2.75) is 51.5 Å². The number of hydrogen-bond donors (Lipinski definition) is 1. The summed E-state index contributed by atoms with van der Waals surface area (Å²) >= 11 is 0. The van der Waals surface area contributed by atoms with Gasteiger partial charge in [0.15, 0.2) is 5.76 Å². The summed E-state index contributed by atoms with van der Waals surface area (Å²) in [5.41, 5.74) is 4.40. The van der Waals surface area contributed by atoms with E-state index in [2.05, 4.69) is 0 Å². The fourth-order valence-electron chi connectivity index (χ4n) is 5.61. The van der Waals surface area contributed by atoms with E-state index in [0.717, 1.165) is 58.4 Å². The summed E-state index contributed by atoms with van der Waals surface area (Å²) in [6.45, 7) is 2.21. The molecule has 2 amide bonds. The number of cyclic esters (lactones) is 1. The number of aliphatic hydroxyl groups excluding tert-OH is 1. The lowest BCUT2D eigenvalue weighted by Crippen LogP contribution is -2.42. The van der Waals surface area contributed by atoms with Crippen LogP contribution in [0, 0.1) is 12.8 Å². The Bertz CT molecular complexity index is 1540. The second-order valence-electron chi connectivity index (χ2n) is 11.0. The maximum Gasteiger partial charge on any atom is 0.417 e. The van der Waals surface area contributed by atoms with E-state index in [1.807, 2.05) is 91.9 Å². The minimum absolute atomic E-state index is 0.0273. The number of imide groups is 1. The Kier molecular flexibility index (Phi) is 9.84. The van der Waals surface area contributed by atoms with Gasteiger partial charge in [-0.15, -0.1) is 0 Å². The standard InChI is InChI=1S/C36H37NO6/c1-25-13-12-18-28(21-25)29-23-33(43-32(29)19-10-2-3-11-20-38)34(39)30(22-26-14-6-4-7-15-26)35(40)37-31(24-42-36(37)41)27-16-8-5-9-17-27/h4-9,12-18,21,23,30-31,38H,2-3,10-11,19-20,22,24H2,1H3/t30-,31+/m1/s1. The zero-order valence-corrected chi connectivity index (χ0v) is 24.4. The summed E-state index contributed by atoms with van der Waals surface area (Å²) in [6, 6.07) is 27.7. The van der Waals surface area contributed by atoms with Crippen LogP contribution in [-0.2, 0) is 22.4 Å². The number of amides is 2. The van der Waals surface area contributed by atoms with Crippen LogP contribution in [0.4, 0.5) is 4.79 Å². The molecule has 2 heterocycles. The van der Waals surface area contributed by atoms with Gasteiger partial charge in [-0.1, -0.05) is 103 Å². The van der Waals surface area contributed by atoms with Crippen LogP contribution < -0.4 is 0 Å². The minimum Gasteiger partial charge on any atom is -0.457 e. The van der Waals surface area contributed by atoms with E-state index in [4.69, 9.17) is 14.3 Å². The summed E-state index contributed by atoms with van der Waals surface area (Å²) < 4.78 is 11.6. The predicted octanol–water partition coefficient (Wildman–Crippen LogP) is 7.11. The SMILES string of the molecule is Cc1cccc(-c2cc(C(=O)[C@@H](Cc3ccccc3)C(=O)N3C(=O)OC[C@H]3c3ccccc3)oc2CCCCCCO)c1. The minimum atomic E-state index is -1.19. The number of aryl methyl sites for hydroxylation is 2. The predicted molar refractivity (Wildman–Crippen MR) is 163 cm³/mol. The molecule has 1 fully saturated rings. The molecule has 4 aromatic rings. The van der Waals surface area contributed by atoms with E-state index in [0.29, 0.717) is 12.2 Å². The molecule has 0 aliphatic carbocycles. The first-order valence-corrected chi connectivity index (χ1v) is 14.9. The van der Waals surface area contributed by atoms with Gasteiger partial charge in [0.25, 0.3) is 0 Å². The second kappa shape index (κ2) is 14.1. The fourth-order valence-corrected chi connectivity index (χ4v) is 5.61. The van der Waals surface area contributed by atoms with Crippen LogP contribution >= 0.6 is 0 Å². The van der Waals surface area contributed by atoms with E-state index in [9.17, 15) is 14.4 Å². The van der Waals surface area contributed by atoms with Crippen molar-refractivity contribution in [1.29, 1.82) is 0 Å². The molecule has 5 rings (SSSR count). The van der Waals surface area contributed by atoms with Crippen molar-refractivity contribution in [3.05, 3.63) is 119 Å². The number of carbonyl (C=O) groups excluding carboxylic acids is 3. The highest BCUT2D eigenvalue weighted by atomic mass is 16.6. The lowest BCUT2D eigenvalue weighted by atomic mass is 9.91. The van der Waals surface area contributed by atoms with Gasteiger partial charge in [0.05, 0.1) is 0 Å². The number of carbonyl (C=O) groups is 3. The van der Waals surface area contributed by atoms with Crippen LogP contribution in [0.3, 0.4) is 0 Å². The molecule has 2 atom stereocenters. The van der Waals surface area contributed by atoms with Crippen LogP contribution in [0.5, 0.6) is 0 Å². The van der Waals surface area contributed by atoms with E-state index in [1.54, 1.807) is 6.07 Å². The first-order valence-electron chi connectivity index (χ1n) is 14.9. The summed E-state index contributed by atoms with van der Waals surface area (Å²) in [7, 11) is 0.